The van der Waals surface area contributed by atoms with Crippen molar-refractivity contribution in [2.24, 2.45) is 0 Å². The average molecular weight is 404 g/mol. The second kappa shape index (κ2) is 9.93. The second-order valence-corrected chi connectivity index (χ2v) is 7.70. The van der Waals surface area contributed by atoms with Crippen LogP contribution < -0.4 is 9.47 Å². The maximum absolute atomic E-state index is 12.3. The number of aliphatic hydroxyl groups is 1. The molecule has 150 valence electrons. The van der Waals surface area contributed by atoms with Crippen LogP contribution in [0.1, 0.15) is 11.1 Å². The normalized spacial score (nSPS) is 21.7. The molecule has 0 saturated carbocycles. The highest BCUT2D eigenvalue weighted by molar-refractivity contribution is 8.01. The Balaban J connectivity index is 1.52. The third kappa shape index (κ3) is 5.26. The molecular weight excluding hydrogens is 380 g/mol. The molecule has 2 aromatic rings. The van der Waals surface area contributed by atoms with E-state index in [1.165, 1.54) is 11.8 Å². The quantitative estimate of drug-likeness (QED) is 0.689. The van der Waals surface area contributed by atoms with Gasteiger partial charge in [0.05, 0.1) is 39.3 Å². The zero-order valence-electron chi connectivity index (χ0n) is 15.9. The first-order chi connectivity index (χ1) is 13.6. The maximum atomic E-state index is 12.3. The van der Waals surface area contributed by atoms with Crippen LogP contribution >= 0.6 is 11.8 Å². The number of aliphatic hydroxyl groups excluding tert-OH is 1. The first-order valence-corrected chi connectivity index (χ1v) is 9.87. The average Bonchev–Trinajstić information content (AvgIpc) is 3.00. The molecule has 0 radical (unpaired) electrons. The molecule has 1 saturated heterocycles. The van der Waals surface area contributed by atoms with Crippen molar-refractivity contribution in [2.45, 2.75) is 30.0 Å². The molecule has 1 unspecified atom stereocenters. The van der Waals surface area contributed by atoms with Gasteiger partial charge in [-0.2, -0.15) is 0 Å². The molecule has 0 amide bonds. The van der Waals surface area contributed by atoms with Crippen LogP contribution in [0.25, 0.3) is 0 Å². The van der Waals surface area contributed by atoms with E-state index in [-0.39, 0.29) is 17.6 Å². The molecule has 1 aliphatic heterocycles. The van der Waals surface area contributed by atoms with Gasteiger partial charge in [0.15, 0.2) is 5.44 Å². The van der Waals surface area contributed by atoms with Gasteiger partial charge in [-0.05, 0) is 35.4 Å². The lowest BCUT2D eigenvalue weighted by Crippen LogP contribution is -2.33. The molecule has 1 aliphatic rings. The van der Waals surface area contributed by atoms with Crippen molar-refractivity contribution in [1.82, 2.24) is 0 Å². The molecule has 1 N–H and O–H groups in total. The molecule has 0 aromatic heterocycles. The van der Waals surface area contributed by atoms with E-state index in [0.29, 0.717) is 13.2 Å². The van der Waals surface area contributed by atoms with Crippen molar-refractivity contribution in [3.63, 3.8) is 0 Å². The van der Waals surface area contributed by atoms with Gasteiger partial charge in [0.2, 0.25) is 5.78 Å². The van der Waals surface area contributed by atoms with Crippen LogP contribution in [0.3, 0.4) is 0 Å². The highest BCUT2D eigenvalue weighted by atomic mass is 32.2. The van der Waals surface area contributed by atoms with Crippen LogP contribution in [-0.4, -0.2) is 48.5 Å². The van der Waals surface area contributed by atoms with Gasteiger partial charge in [-0.3, -0.25) is 4.79 Å². The van der Waals surface area contributed by atoms with Crippen LogP contribution in [0.2, 0.25) is 0 Å². The second-order valence-electron chi connectivity index (χ2n) is 6.37. The molecule has 0 spiro atoms. The summed E-state index contributed by atoms with van der Waals surface area (Å²) in [6.45, 7) is 1.01. The minimum absolute atomic E-state index is 0.251. The van der Waals surface area contributed by atoms with E-state index in [9.17, 15) is 9.90 Å². The highest BCUT2D eigenvalue weighted by Gasteiger charge is 2.43. The standard InChI is InChI=1S/C21H24O6S/c1-24-16-7-3-14(4-8-16)11-26-13-18-20(19(22)21(23)28-18)27-12-15-5-9-17(25-2)10-6-15/h3-10,18,20-21,23H,11-13H2,1-2H3/t18-,20-,21?/m1/s1. The van der Waals surface area contributed by atoms with Crippen LogP contribution in [0.5, 0.6) is 11.5 Å². The fraction of sp³-hybridized carbons (Fsp3) is 0.381. The minimum atomic E-state index is -1.07. The van der Waals surface area contributed by atoms with Gasteiger partial charge in [0.1, 0.15) is 17.6 Å². The van der Waals surface area contributed by atoms with E-state index >= 15 is 0 Å². The Kier molecular flexibility index (Phi) is 7.33. The monoisotopic (exact) mass is 404 g/mol. The lowest BCUT2D eigenvalue weighted by molar-refractivity contribution is -0.134. The summed E-state index contributed by atoms with van der Waals surface area (Å²) in [5, 5.41) is 9.67. The third-order valence-corrected chi connectivity index (χ3v) is 5.69. The van der Waals surface area contributed by atoms with Crippen molar-refractivity contribution in [3.8, 4) is 11.5 Å². The predicted molar refractivity (Wildman–Crippen MR) is 107 cm³/mol. The number of methoxy groups -OCH3 is 2. The molecule has 6 nitrogen and oxygen atoms in total. The highest BCUT2D eigenvalue weighted by Crippen LogP contribution is 2.33. The number of ether oxygens (including phenoxy) is 4. The first kappa shape index (κ1) is 20.7. The van der Waals surface area contributed by atoms with Crippen molar-refractivity contribution in [3.05, 3.63) is 59.7 Å². The van der Waals surface area contributed by atoms with Crippen LogP contribution in [0.15, 0.2) is 48.5 Å². The molecule has 1 heterocycles. The summed E-state index contributed by atoms with van der Waals surface area (Å²) in [6, 6.07) is 15.1. The van der Waals surface area contributed by atoms with E-state index in [2.05, 4.69) is 0 Å². The molecule has 1 fully saturated rings. The Morgan fingerprint density at radius 2 is 1.43 bits per heavy atom. The first-order valence-electron chi connectivity index (χ1n) is 8.93. The zero-order valence-corrected chi connectivity index (χ0v) is 16.7. The van der Waals surface area contributed by atoms with Crippen molar-refractivity contribution in [2.75, 3.05) is 20.8 Å². The van der Waals surface area contributed by atoms with Crippen LogP contribution in [0, 0.1) is 0 Å². The third-order valence-electron chi connectivity index (χ3n) is 4.46. The number of rotatable bonds is 9. The summed E-state index contributed by atoms with van der Waals surface area (Å²) in [5.41, 5.74) is 0.861. The fourth-order valence-corrected chi connectivity index (χ4v) is 4.00. The van der Waals surface area contributed by atoms with Gasteiger partial charge in [0.25, 0.3) is 0 Å². The molecule has 7 heteroatoms. The molecule has 3 rings (SSSR count). The van der Waals surface area contributed by atoms with Crippen LogP contribution in [0.4, 0.5) is 0 Å². The largest absolute Gasteiger partial charge is 0.497 e. The number of ketones is 1. The number of carbonyl (C=O) groups excluding carboxylic acids is 1. The van der Waals surface area contributed by atoms with Crippen molar-refractivity contribution in [1.29, 1.82) is 0 Å². The van der Waals surface area contributed by atoms with Crippen molar-refractivity contribution >= 4 is 17.5 Å². The number of hydrogen-bond acceptors (Lipinski definition) is 7. The molecule has 0 bridgehead atoms. The number of thioether (sulfide) groups is 1. The Bertz CT molecular complexity index is 761. The summed E-state index contributed by atoms with van der Waals surface area (Å²) in [4.78, 5) is 12.3. The van der Waals surface area contributed by atoms with Gasteiger partial charge in [-0.25, -0.2) is 0 Å². The molecule has 3 atom stereocenters. The topological polar surface area (TPSA) is 74.2 Å². The SMILES string of the molecule is COc1ccc(COC[C@H]2SC(O)C(=O)[C@@H]2OCc2ccc(OC)cc2)cc1. The summed E-state index contributed by atoms with van der Waals surface area (Å²) >= 11 is 1.18. The molecule has 28 heavy (non-hydrogen) atoms. The zero-order chi connectivity index (χ0) is 19.9. The van der Waals surface area contributed by atoms with E-state index < -0.39 is 11.5 Å². The van der Waals surface area contributed by atoms with Gasteiger partial charge in [-0.1, -0.05) is 24.3 Å². The maximum Gasteiger partial charge on any atom is 0.201 e. The molecule has 2 aromatic carbocycles. The summed E-state index contributed by atoms with van der Waals surface area (Å²) in [6.07, 6.45) is -0.696. The van der Waals surface area contributed by atoms with Crippen LogP contribution in [-0.2, 0) is 27.5 Å². The summed E-state index contributed by atoms with van der Waals surface area (Å²) in [7, 11) is 3.23. The lowest BCUT2D eigenvalue weighted by Gasteiger charge is -2.18. The van der Waals surface area contributed by atoms with Gasteiger partial charge in [-0.15, -0.1) is 11.8 Å². The Morgan fingerprint density at radius 1 is 0.893 bits per heavy atom. The number of benzene rings is 2. The fourth-order valence-electron chi connectivity index (χ4n) is 2.87. The van der Waals surface area contributed by atoms with Gasteiger partial charge < -0.3 is 24.1 Å². The summed E-state index contributed by atoms with van der Waals surface area (Å²) < 4.78 is 21.9. The molecule has 0 aliphatic carbocycles. The number of hydrogen-bond donors (Lipinski definition) is 1. The van der Waals surface area contributed by atoms with E-state index in [4.69, 9.17) is 18.9 Å². The Morgan fingerprint density at radius 3 is 1.96 bits per heavy atom. The lowest BCUT2D eigenvalue weighted by atomic mass is 10.1. The smallest absolute Gasteiger partial charge is 0.201 e. The van der Waals surface area contributed by atoms with Gasteiger partial charge in [0, 0.05) is 0 Å². The van der Waals surface area contributed by atoms with E-state index in [1.807, 2.05) is 48.5 Å². The van der Waals surface area contributed by atoms with E-state index in [0.717, 1.165) is 22.6 Å². The minimum Gasteiger partial charge on any atom is -0.497 e. The molecular formula is C21H24O6S. The summed E-state index contributed by atoms with van der Waals surface area (Å²) in [5.74, 6) is 1.24. The Labute approximate surface area is 168 Å². The number of carbonyl (C=O) groups is 1. The number of Topliss-reactive ketones (excluding diaryl/α,β-unsaturated/α-hetero) is 1. The van der Waals surface area contributed by atoms with Gasteiger partial charge >= 0.3 is 0 Å². The predicted octanol–water partition coefficient (Wildman–Crippen LogP) is 2.81. The van der Waals surface area contributed by atoms with E-state index in [1.54, 1.807) is 14.2 Å². The Hall–Kier alpha value is -2.06. The van der Waals surface area contributed by atoms with Crippen molar-refractivity contribution < 1.29 is 28.8 Å².